The number of methoxy groups -OCH3 is 1. The van der Waals surface area contributed by atoms with Gasteiger partial charge in [0, 0.05) is 18.0 Å². The summed E-state index contributed by atoms with van der Waals surface area (Å²) in [5, 5.41) is 8.78. The molecule has 0 saturated carbocycles. The summed E-state index contributed by atoms with van der Waals surface area (Å²) in [5.41, 5.74) is 0.618. The molecule has 0 aliphatic rings. The maximum Gasteiger partial charge on any atom is 0.339 e. The van der Waals surface area contributed by atoms with Gasteiger partial charge in [-0.3, -0.25) is 4.98 Å². The number of carbonyl (C=O) groups is 1. The molecule has 68 valence electrons. The van der Waals surface area contributed by atoms with Crippen molar-refractivity contribution in [3.8, 4) is 0 Å². The molecule has 4 nitrogen and oxygen atoms in total. The first-order chi connectivity index (χ1) is 6.25. The number of hydrogen-bond donors (Lipinski definition) is 1. The highest BCUT2D eigenvalue weighted by Crippen LogP contribution is 2.12. The van der Waals surface area contributed by atoms with E-state index in [1.165, 1.54) is 19.6 Å². The summed E-state index contributed by atoms with van der Waals surface area (Å²) < 4.78 is 4.65. The lowest BCUT2D eigenvalue weighted by Gasteiger charge is -2.00. The second-order valence-corrected chi connectivity index (χ2v) is 2.31. The molecule has 0 radical (unpaired) electrons. The van der Waals surface area contributed by atoms with Gasteiger partial charge in [0.15, 0.2) is 0 Å². The summed E-state index contributed by atoms with van der Waals surface area (Å²) in [6, 6.07) is 3.33. The van der Waals surface area contributed by atoms with Crippen LogP contribution in [0.25, 0.3) is 5.57 Å². The minimum Gasteiger partial charge on any atom is -0.503 e. The van der Waals surface area contributed by atoms with Crippen molar-refractivity contribution in [1.82, 2.24) is 4.98 Å². The van der Waals surface area contributed by atoms with Crippen LogP contribution in [0, 0.1) is 0 Å². The Kier molecular flexibility index (Phi) is 3.03. The van der Waals surface area contributed by atoms with Gasteiger partial charge < -0.3 is 9.84 Å². The first-order valence-corrected chi connectivity index (χ1v) is 3.62. The van der Waals surface area contributed by atoms with Crippen LogP contribution in [0.3, 0.4) is 0 Å². The number of nitrogens with zero attached hydrogens (tertiary/aromatic N) is 1. The Bertz CT molecular complexity index is 319. The molecule has 0 amide bonds. The zero-order valence-corrected chi connectivity index (χ0v) is 7.10. The SMILES string of the molecule is COC=C(C(=O)O)c1cccnc1. The zero-order chi connectivity index (χ0) is 9.68. The van der Waals surface area contributed by atoms with Crippen molar-refractivity contribution in [2.75, 3.05) is 7.11 Å². The summed E-state index contributed by atoms with van der Waals surface area (Å²) in [5.74, 6) is -1.03. The van der Waals surface area contributed by atoms with E-state index in [0.29, 0.717) is 5.56 Å². The van der Waals surface area contributed by atoms with Crippen molar-refractivity contribution in [1.29, 1.82) is 0 Å². The average molecular weight is 179 g/mol. The fourth-order valence-electron chi connectivity index (χ4n) is 0.882. The average Bonchev–Trinajstić information content (AvgIpc) is 2.15. The van der Waals surface area contributed by atoms with Crippen molar-refractivity contribution < 1.29 is 14.6 Å². The monoisotopic (exact) mass is 179 g/mol. The van der Waals surface area contributed by atoms with Crippen molar-refractivity contribution in [2.45, 2.75) is 0 Å². The van der Waals surface area contributed by atoms with Gasteiger partial charge >= 0.3 is 5.97 Å². The van der Waals surface area contributed by atoms with E-state index in [1.54, 1.807) is 18.3 Å². The molecule has 0 unspecified atom stereocenters. The van der Waals surface area contributed by atoms with Crippen LogP contribution in [-0.2, 0) is 9.53 Å². The maximum absolute atomic E-state index is 10.7. The van der Waals surface area contributed by atoms with Gasteiger partial charge in [-0.2, -0.15) is 0 Å². The number of rotatable bonds is 3. The normalized spacial score (nSPS) is 11.0. The molecule has 0 fully saturated rings. The Hall–Kier alpha value is -1.84. The molecule has 0 atom stereocenters. The van der Waals surface area contributed by atoms with E-state index in [0.717, 1.165) is 0 Å². The number of aromatic nitrogens is 1. The largest absolute Gasteiger partial charge is 0.503 e. The van der Waals surface area contributed by atoms with Gasteiger partial charge in [-0.1, -0.05) is 6.07 Å². The Balaban J connectivity index is 3.03. The van der Waals surface area contributed by atoms with Gasteiger partial charge in [0.1, 0.15) is 5.57 Å². The summed E-state index contributed by atoms with van der Waals surface area (Å²) in [4.78, 5) is 14.5. The van der Waals surface area contributed by atoms with Gasteiger partial charge in [-0.25, -0.2) is 4.79 Å². The fraction of sp³-hybridized carbons (Fsp3) is 0.111. The van der Waals surface area contributed by atoms with Crippen LogP contribution in [0.2, 0.25) is 0 Å². The van der Waals surface area contributed by atoms with Crippen LogP contribution >= 0.6 is 0 Å². The van der Waals surface area contributed by atoms with Crippen LogP contribution in [0.1, 0.15) is 5.56 Å². The van der Waals surface area contributed by atoms with Crippen LogP contribution in [0.15, 0.2) is 30.8 Å². The van der Waals surface area contributed by atoms with E-state index in [2.05, 4.69) is 9.72 Å². The quantitative estimate of drug-likeness (QED) is 0.558. The maximum atomic E-state index is 10.7. The molecule has 13 heavy (non-hydrogen) atoms. The highest BCUT2D eigenvalue weighted by atomic mass is 16.5. The minimum atomic E-state index is -1.03. The Morgan fingerprint density at radius 3 is 2.92 bits per heavy atom. The first-order valence-electron chi connectivity index (χ1n) is 3.62. The molecule has 1 N–H and O–H groups in total. The molecule has 0 aliphatic heterocycles. The molecule has 0 bridgehead atoms. The molecule has 1 heterocycles. The molecule has 0 spiro atoms. The van der Waals surface area contributed by atoms with E-state index in [4.69, 9.17) is 5.11 Å². The fourth-order valence-corrected chi connectivity index (χ4v) is 0.882. The zero-order valence-electron chi connectivity index (χ0n) is 7.10. The second kappa shape index (κ2) is 4.25. The number of hydrogen-bond acceptors (Lipinski definition) is 3. The van der Waals surface area contributed by atoms with Crippen molar-refractivity contribution in [3.05, 3.63) is 36.4 Å². The third kappa shape index (κ3) is 2.30. The van der Waals surface area contributed by atoms with Crippen LogP contribution in [-0.4, -0.2) is 23.2 Å². The molecule has 4 heteroatoms. The number of carboxylic acids is 1. The lowest BCUT2D eigenvalue weighted by Crippen LogP contribution is -2.00. The topological polar surface area (TPSA) is 59.4 Å². The predicted octanol–water partition coefficient (Wildman–Crippen LogP) is 1.15. The number of pyridine rings is 1. The van der Waals surface area contributed by atoms with Gasteiger partial charge in [0.05, 0.1) is 13.4 Å². The highest BCUT2D eigenvalue weighted by molar-refractivity contribution is 6.14. The summed E-state index contributed by atoms with van der Waals surface area (Å²) in [7, 11) is 1.40. The van der Waals surface area contributed by atoms with E-state index in [-0.39, 0.29) is 5.57 Å². The molecule has 0 aliphatic carbocycles. The standard InChI is InChI=1S/C9H9NO3/c1-13-6-8(9(11)12)7-3-2-4-10-5-7/h2-6H,1H3,(H,11,12). The third-order valence-electron chi connectivity index (χ3n) is 1.44. The van der Waals surface area contributed by atoms with Gasteiger partial charge in [0.2, 0.25) is 0 Å². The lowest BCUT2D eigenvalue weighted by atomic mass is 10.1. The van der Waals surface area contributed by atoms with Gasteiger partial charge in [-0.05, 0) is 6.07 Å². The number of aliphatic carboxylic acids is 1. The molecular weight excluding hydrogens is 170 g/mol. The third-order valence-corrected chi connectivity index (χ3v) is 1.44. The Labute approximate surface area is 75.5 Å². The van der Waals surface area contributed by atoms with Crippen molar-refractivity contribution in [3.63, 3.8) is 0 Å². The van der Waals surface area contributed by atoms with E-state index in [1.807, 2.05) is 0 Å². The van der Waals surface area contributed by atoms with Crippen molar-refractivity contribution >= 4 is 11.5 Å². The van der Waals surface area contributed by atoms with Gasteiger partial charge in [-0.15, -0.1) is 0 Å². The summed E-state index contributed by atoms with van der Waals surface area (Å²) in [6.45, 7) is 0. The second-order valence-electron chi connectivity index (χ2n) is 2.31. The molecule has 0 aromatic carbocycles. The smallest absolute Gasteiger partial charge is 0.339 e. The summed E-state index contributed by atoms with van der Waals surface area (Å²) >= 11 is 0. The predicted molar refractivity (Wildman–Crippen MR) is 46.9 cm³/mol. The number of ether oxygens (including phenoxy) is 1. The van der Waals surface area contributed by atoms with Crippen LogP contribution in [0.4, 0.5) is 0 Å². The van der Waals surface area contributed by atoms with Gasteiger partial charge in [0.25, 0.3) is 0 Å². The van der Waals surface area contributed by atoms with Crippen LogP contribution < -0.4 is 0 Å². The Morgan fingerprint density at radius 2 is 2.46 bits per heavy atom. The van der Waals surface area contributed by atoms with E-state index >= 15 is 0 Å². The number of carboxylic acid groups (broad SMARTS) is 1. The molecule has 0 saturated heterocycles. The lowest BCUT2D eigenvalue weighted by molar-refractivity contribution is -0.130. The minimum absolute atomic E-state index is 0.0931. The van der Waals surface area contributed by atoms with E-state index < -0.39 is 5.97 Å². The molecule has 1 aromatic rings. The van der Waals surface area contributed by atoms with Crippen molar-refractivity contribution in [2.24, 2.45) is 0 Å². The molecular formula is C9H9NO3. The summed E-state index contributed by atoms with van der Waals surface area (Å²) in [6.07, 6.45) is 4.23. The van der Waals surface area contributed by atoms with Crippen LogP contribution in [0.5, 0.6) is 0 Å². The molecule has 1 aromatic heterocycles. The van der Waals surface area contributed by atoms with E-state index in [9.17, 15) is 4.79 Å². The molecule has 1 rings (SSSR count). The highest BCUT2D eigenvalue weighted by Gasteiger charge is 2.09. The first kappa shape index (κ1) is 9.25. The Morgan fingerprint density at radius 1 is 1.69 bits per heavy atom.